The molecule has 11 nitrogen and oxygen atoms in total. The van der Waals surface area contributed by atoms with Crippen LogP contribution in [0.15, 0.2) is 36.7 Å². The molecule has 156 valence electrons. The molecule has 4 rings (SSSR count). The van der Waals surface area contributed by atoms with Crippen LogP contribution in [0, 0.1) is 0 Å². The summed E-state index contributed by atoms with van der Waals surface area (Å²) in [7, 11) is 2.04. The highest BCUT2D eigenvalue weighted by Gasteiger charge is 2.40. The summed E-state index contributed by atoms with van der Waals surface area (Å²) in [5.41, 5.74) is 6.54. The van der Waals surface area contributed by atoms with Crippen molar-refractivity contribution >= 4 is 32.4 Å². The van der Waals surface area contributed by atoms with Crippen molar-refractivity contribution in [3.8, 4) is 11.8 Å². The van der Waals surface area contributed by atoms with E-state index in [1.54, 1.807) is 31.2 Å². The number of imidazole rings is 1. The third-order valence-corrected chi connectivity index (χ3v) is 5.34. The number of para-hydroxylation sites is 1. The number of anilines is 1. The Morgan fingerprint density at radius 1 is 1.23 bits per heavy atom. The molecule has 0 bridgehead atoms. The van der Waals surface area contributed by atoms with Crippen LogP contribution in [-0.4, -0.2) is 62.5 Å². The number of hydrogen-bond acceptors (Lipinski definition) is 10. The molecule has 0 spiro atoms. The van der Waals surface area contributed by atoms with Gasteiger partial charge in [-0.15, -0.1) is 0 Å². The Balaban J connectivity index is 1.80. The molecule has 13 heteroatoms. The number of aromatic nitrogens is 4. The lowest BCUT2D eigenvalue weighted by Gasteiger charge is -2.26. The Morgan fingerprint density at radius 2 is 1.97 bits per heavy atom. The first kappa shape index (κ1) is 20.9. The van der Waals surface area contributed by atoms with E-state index >= 15 is 0 Å². The van der Waals surface area contributed by atoms with Crippen LogP contribution in [0.1, 0.15) is 13.2 Å². The lowest BCUT2D eigenvalue weighted by molar-refractivity contribution is -0.122. The molecule has 1 fully saturated rings. The molecule has 3 aromatic rings. The largest absolute Gasteiger partial charge is 0.488 e. The fourth-order valence-electron chi connectivity index (χ4n) is 2.92. The summed E-state index contributed by atoms with van der Waals surface area (Å²) >= 11 is 0. The van der Waals surface area contributed by atoms with E-state index in [0.29, 0.717) is 11.4 Å². The van der Waals surface area contributed by atoms with Gasteiger partial charge in [0.2, 0.25) is 0 Å². The lowest BCUT2D eigenvalue weighted by Crippen LogP contribution is -2.33. The smallest absolute Gasteiger partial charge is 0.425 e. The van der Waals surface area contributed by atoms with Crippen LogP contribution in [0.3, 0.4) is 0 Å². The number of aliphatic hydroxyl groups is 1. The molecule has 1 aliphatic heterocycles. The molecule has 4 N–H and O–H groups in total. The molecule has 30 heavy (non-hydrogen) atoms. The molecule has 1 unspecified atom stereocenters. The number of hydrogen-bond donors (Lipinski definition) is 3. The summed E-state index contributed by atoms with van der Waals surface area (Å²) < 4.78 is 23.8. The van der Waals surface area contributed by atoms with Gasteiger partial charge in [0.05, 0.1) is 6.10 Å². The molecule has 2 aromatic heterocycles. The first-order chi connectivity index (χ1) is 14.3. The van der Waals surface area contributed by atoms with Gasteiger partial charge < -0.3 is 20.3 Å². The second-order valence-electron chi connectivity index (χ2n) is 6.67. The van der Waals surface area contributed by atoms with E-state index < -0.39 is 26.3 Å². The topological polar surface area (TPSA) is 147 Å². The predicted molar refractivity (Wildman–Crippen MR) is 109 cm³/mol. The Morgan fingerprint density at radius 3 is 2.73 bits per heavy atom. The Kier molecular flexibility index (Phi) is 5.87. The zero-order valence-electron chi connectivity index (χ0n) is 16.0. The number of benzene rings is 1. The summed E-state index contributed by atoms with van der Waals surface area (Å²) in [6.45, 7) is 1.29. The first-order valence-corrected chi connectivity index (χ1v) is 10.7. The van der Waals surface area contributed by atoms with Gasteiger partial charge in [0.25, 0.3) is 0 Å². The van der Waals surface area contributed by atoms with E-state index in [1.807, 2.05) is 6.07 Å². The first-order valence-electron chi connectivity index (χ1n) is 9.08. The zero-order valence-corrected chi connectivity index (χ0v) is 16.9. The minimum atomic E-state index is -3.58. The van der Waals surface area contributed by atoms with Crippen molar-refractivity contribution in [1.29, 1.82) is 0 Å². The van der Waals surface area contributed by atoms with Crippen molar-refractivity contribution in [2.24, 2.45) is 0 Å². The Labute approximate surface area is 173 Å². The highest BCUT2D eigenvalue weighted by atomic mass is 31.2. The van der Waals surface area contributed by atoms with Crippen LogP contribution >= 0.6 is 7.82 Å². The summed E-state index contributed by atoms with van der Waals surface area (Å²) in [6.07, 6.45) is -1.62. The van der Waals surface area contributed by atoms with E-state index in [2.05, 4.69) is 15.0 Å². The molecule has 1 aromatic carbocycles. The molecule has 0 aliphatic carbocycles. The van der Waals surface area contributed by atoms with Gasteiger partial charge in [-0.3, -0.25) is 0 Å². The van der Waals surface area contributed by atoms with Gasteiger partial charge in [-0.05, 0) is 19.1 Å². The molecule has 4 atom stereocenters. The van der Waals surface area contributed by atoms with E-state index in [-0.39, 0.29) is 30.6 Å². The van der Waals surface area contributed by atoms with Crippen LogP contribution in [0.2, 0.25) is 0 Å². The monoisotopic (exact) mass is 432 g/mol. The molecule has 1 aliphatic rings. The maximum Gasteiger partial charge on any atom is 0.488 e. The van der Waals surface area contributed by atoms with Gasteiger partial charge in [0.15, 0.2) is 23.2 Å². The van der Waals surface area contributed by atoms with E-state index in [1.165, 1.54) is 10.9 Å². The number of ether oxygens (including phenoxy) is 2. The maximum absolute atomic E-state index is 10.8. The van der Waals surface area contributed by atoms with Crippen LogP contribution in [0.25, 0.3) is 11.2 Å². The molecular weight excluding hydrogens is 412 g/mol. The van der Waals surface area contributed by atoms with Gasteiger partial charge in [-0.25, -0.2) is 19.4 Å². The maximum atomic E-state index is 10.8. The summed E-state index contributed by atoms with van der Waals surface area (Å²) in [6, 6.07) is 9.04. The molecule has 2 radical (unpaired) electrons. The van der Waals surface area contributed by atoms with E-state index in [0.717, 1.165) is 0 Å². The lowest BCUT2D eigenvalue weighted by atomic mass is 10.3. The van der Waals surface area contributed by atoms with Gasteiger partial charge in [0, 0.05) is 0 Å². The third kappa shape index (κ3) is 4.39. The van der Waals surface area contributed by atoms with Gasteiger partial charge in [-0.2, -0.15) is 14.0 Å². The number of nitrogens with zero attached hydrogens (tertiary/aromatic N) is 4. The van der Waals surface area contributed by atoms with Crippen LogP contribution < -0.4 is 10.5 Å². The molecule has 1 saturated heterocycles. The minimum absolute atomic E-state index is 0.0530. The van der Waals surface area contributed by atoms with Gasteiger partial charge in [0.1, 0.15) is 31.4 Å². The minimum Gasteiger partial charge on any atom is -0.425 e. The zero-order chi connectivity index (χ0) is 21.3. The van der Waals surface area contributed by atoms with Crippen LogP contribution in [0.4, 0.5) is 5.82 Å². The highest BCUT2D eigenvalue weighted by molar-refractivity contribution is 7.85. The van der Waals surface area contributed by atoms with E-state index in [4.69, 9.17) is 31.8 Å². The van der Waals surface area contributed by atoms with Crippen molar-refractivity contribution in [1.82, 2.24) is 19.5 Å². The van der Waals surface area contributed by atoms with Crippen molar-refractivity contribution in [3.63, 3.8) is 0 Å². The summed E-state index contributed by atoms with van der Waals surface area (Å²) in [5.74, 6) is 0.650. The number of nitrogen functional groups attached to an aromatic ring is 1. The molecule has 0 saturated carbocycles. The van der Waals surface area contributed by atoms with Crippen molar-refractivity contribution in [3.05, 3.63) is 36.7 Å². The van der Waals surface area contributed by atoms with Crippen molar-refractivity contribution in [2.45, 2.75) is 25.4 Å². The average molecular weight is 432 g/mol. The number of rotatable bonds is 3. The second-order valence-corrected chi connectivity index (χ2v) is 8.32. The molecule has 0 amide bonds. The summed E-state index contributed by atoms with van der Waals surface area (Å²) in [5, 5.41) is 10.8. The van der Waals surface area contributed by atoms with E-state index in [9.17, 15) is 10.00 Å². The van der Waals surface area contributed by atoms with Crippen LogP contribution in [-0.2, 0) is 13.8 Å². The Hall–Kier alpha value is -2.34. The van der Waals surface area contributed by atoms with Gasteiger partial charge >= 0.3 is 21.4 Å². The average Bonchev–Trinajstić information content (AvgIpc) is 3.09. The van der Waals surface area contributed by atoms with Gasteiger partial charge in [-0.1, -0.05) is 18.2 Å². The quantitative estimate of drug-likeness (QED) is 0.409. The number of aliphatic hydroxyl groups excluding tert-OH is 1. The van der Waals surface area contributed by atoms with Crippen molar-refractivity contribution < 1.29 is 28.5 Å². The predicted octanol–water partition coefficient (Wildman–Crippen LogP) is 1.35. The van der Waals surface area contributed by atoms with Crippen LogP contribution in [0.5, 0.6) is 11.8 Å². The highest BCUT2D eigenvalue weighted by Crippen LogP contribution is 2.52. The fourth-order valence-corrected chi connectivity index (χ4v) is 3.78. The third-order valence-electron chi connectivity index (χ3n) is 4.31. The number of nitrogens with two attached hydrogens (primary N) is 1. The second kappa shape index (κ2) is 8.42. The normalized spacial score (nSPS) is 27.9. The van der Waals surface area contributed by atoms with Crippen molar-refractivity contribution in [2.75, 3.05) is 18.9 Å². The standard InChI is InChI=1S/C17H20BN5O6P/c1-10-7-26-30(18,25)27-8-12(24)16(28-10)23-15-13(14(19)20-9-21-15)22-17(23)29-11-5-3-2-4-6-11/h2-6,9-10,12,16,24-25H,7-8H2,1H3,(H2,19,20,21)/q+1/t10-,12-,16+,30?/m0/s1. The summed E-state index contributed by atoms with van der Waals surface area (Å²) in [4.78, 5) is 22.6. The fraction of sp³-hybridized carbons (Fsp3) is 0.353. The SMILES string of the molecule is [B][P+]1(O)OC[C@H](C)O[C@@H](n2c(Oc3ccccc3)nc3c(N)ncnc32)[C@@H](O)CO1. The Bertz CT molecular complexity index is 1020. The molecular formula is C17H20BN5O6P+. The molecule has 3 heterocycles. The number of fused-ring (bicyclic) bond motifs is 1.